The van der Waals surface area contributed by atoms with E-state index < -0.39 is 0 Å². The molecule has 2 aromatic carbocycles. The summed E-state index contributed by atoms with van der Waals surface area (Å²) in [5, 5.41) is 2.36. The molecular weight excluding hydrogens is 343 g/mol. The largest absolute Gasteiger partial charge is 0.334 e. The number of para-hydroxylation sites is 1. The summed E-state index contributed by atoms with van der Waals surface area (Å²) in [4.78, 5) is 4.35. The van der Waals surface area contributed by atoms with Crippen molar-refractivity contribution in [3.63, 3.8) is 0 Å². The van der Waals surface area contributed by atoms with Crippen LogP contribution in [0.3, 0.4) is 0 Å². The second-order valence-electron chi connectivity index (χ2n) is 5.23. The van der Waals surface area contributed by atoms with E-state index in [1.807, 2.05) is 30.3 Å². The first-order valence-corrected chi connectivity index (χ1v) is 7.79. The van der Waals surface area contributed by atoms with E-state index in [9.17, 15) is 4.39 Å². The molecule has 0 unspecified atom stereocenters. The molecule has 4 rings (SSSR count). The molecule has 0 N–H and O–H groups in total. The summed E-state index contributed by atoms with van der Waals surface area (Å²) in [7, 11) is 0. The average Bonchev–Trinajstić information content (AvgIpc) is 2.86. The summed E-state index contributed by atoms with van der Waals surface area (Å²) in [6.07, 6.45) is 1.81. The zero-order valence-electron chi connectivity index (χ0n) is 11.6. The molecule has 0 atom stereocenters. The minimum Gasteiger partial charge on any atom is -0.334 e. The van der Waals surface area contributed by atoms with E-state index in [-0.39, 0.29) is 5.82 Å². The molecule has 0 aliphatic heterocycles. The lowest BCUT2D eigenvalue weighted by Crippen LogP contribution is -2.00. The molecule has 2 aromatic heterocycles. The highest BCUT2D eigenvalue weighted by Gasteiger charge is 2.13. The highest BCUT2D eigenvalue weighted by molar-refractivity contribution is 9.10. The summed E-state index contributed by atoms with van der Waals surface area (Å²) in [5.74, 6) is -0.214. The van der Waals surface area contributed by atoms with Gasteiger partial charge in [-0.15, -0.1) is 0 Å². The number of hydrogen-bond acceptors (Lipinski definition) is 1. The summed E-state index contributed by atoms with van der Waals surface area (Å²) < 4.78 is 16.2. The van der Waals surface area contributed by atoms with Gasteiger partial charge in [0.2, 0.25) is 0 Å². The van der Waals surface area contributed by atoms with Crippen molar-refractivity contribution in [3.05, 3.63) is 76.8 Å². The van der Waals surface area contributed by atoms with Crippen LogP contribution < -0.4 is 0 Å². The first-order valence-electron chi connectivity index (χ1n) is 7.00. The van der Waals surface area contributed by atoms with Crippen molar-refractivity contribution >= 4 is 37.7 Å². The lowest BCUT2D eigenvalue weighted by Gasteiger charge is -2.08. The molecule has 0 radical (unpaired) electrons. The smallest absolute Gasteiger partial charge is 0.130 e. The van der Waals surface area contributed by atoms with Gasteiger partial charge in [-0.3, -0.25) is 0 Å². The Kier molecular flexibility index (Phi) is 3.19. The zero-order valence-corrected chi connectivity index (χ0v) is 13.2. The molecule has 108 valence electrons. The SMILES string of the molecule is Fc1ccc(Cn2c3ccccc3c3ccnc(Br)c32)cc1. The predicted octanol–water partition coefficient (Wildman–Crippen LogP) is 5.14. The van der Waals surface area contributed by atoms with Crippen LogP contribution in [0.5, 0.6) is 0 Å². The maximum Gasteiger partial charge on any atom is 0.130 e. The van der Waals surface area contributed by atoms with E-state index in [4.69, 9.17) is 0 Å². The molecule has 22 heavy (non-hydrogen) atoms. The molecule has 2 nitrogen and oxygen atoms in total. The fourth-order valence-electron chi connectivity index (χ4n) is 2.90. The first kappa shape index (κ1) is 13.5. The quantitative estimate of drug-likeness (QED) is 0.455. The van der Waals surface area contributed by atoms with Gasteiger partial charge < -0.3 is 4.57 Å². The number of benzene rings is 2. The standard InChI is InChI=1S/C18H12BrFN2/c19-18-17-15(9-10-21-18)14-3-1-2-4-16(14)22(17)11-12-5-7-13(20)8-6-12/h1-10H,11H2. The number of fused-ring (bicyclic) bond motifs is 3. The predicted molar refractivity (Wildman–Crippen MR) is 90.4 cm³/mol. The van der Waals surface area contributed by atoms with E-state index in [1.165, 1.54) is 22.9 Å². The summed E-state index contributed by atoms with van der Waals surface area (Å²) in [6.45, 7) is 0.675. The average molecular weight is 355 g/mol. The van der Waals surface area contributed by atoms with Gasteiger partial charge in [-0.25, -0.2) is 9.37 Å². The van der Waals surface area contributed by atoms with Crippen LogP contribution in [0.25, 0.3) is 21.8 Å². The van der Waals surface area contributed by atoms with Gasteiger partial charge in [0.05, 0.1) is 5.52 Å². The maximum absolute atomic E-state index is 13.1. The van der Waals surface area contributed by atoms with Crippen molar-refractivity contribution in [1.29, 1.82) is 0 Å². The molecule has 2 heterocycles. The molecule has 4 heteroatoms. The van der Waals surface area contributed by atoms with E-state index in [0.717, 1.165) is 21.2 Å². The minimum atomic E-state index is -0.214. The monoisotopic (exact) mass is 354 g/mol. The first-order chi connectivity index (χ1) is 10.7. The Labute approximate surface area is 135 Å². The molecule has 4 aromatic rings. The lowest BCUT2D eigenvalue weighted by molar-refractivity contribution is 0.626. The highest BCUT2D eigenvalue weighted by Crippen LogP contribution is 2.32. The number of rotatable bonds is 2. The third-order valence-corrected chi connectivity index (χ3v) is 4.47. The Morgan fingerprint density at radius 3 is 2.55 bits per heavy atom. The Bertz CT molecular complexity index is 974. The number of hydrogen-bond donors (Lipinski definition) is 0. The van der Waals surface area contributed by atoms with Gasteiger partial charge in [-0.1, -0.05) is 30.3 Å². The third kappa shape index (κ3) is 2.11. The molecule has 0 aliphatic carbocycles. The zero-order chi connectivity index (χ0) is 15.1. The molecule has 0 amide bonds. The van der Waals surface area contributed by atoms with Gasteiger partial charge in [0.1, 0.15) is 10.4 Å². The van der Waals surface area contributed by atoms with Gasteiger partial charge in [-0.05, 0) is 45.8 Å². The van der Waals surface area contributed by atoms with Crippen LogP contribution in [0, 0.1) is 5.82 Å². The Morgan fingerprint density at radius 2 is 1.73 bits per heavy atom. The van der Waals surface area contributed by atoms with Crippen molar-refractivity contribution < 1.29 is 4.39 Å². The van der Waals surface area contributed by atoms with Crippen molar-refractivity contribution in [2.75, 3.05) is 0 Å². The van der Waals surface area contributed by atoms with Crippen LogP contribution in [0.2, 0.25) is 0 Å². The fraction of sp³-hybridized carbons (Fsp3) is 0.0556. The second-order valence-corrected chi connectivity index (χ2v) is 5.98. The lowest BCUT2D eigenvalue weighted by atomic mass is 10.2. The number of pyridine rings is 1. The topological polar surface area (TPSA) is 17.8 Å². The fourth-order valence-corrected chi connectivity index (χ4v) is 3.44. The molecule has 0 aliphatic rings. The number of aromatic nitrogens is 2. The van der Waals surface area contributed by atoms with Crippen LogP contribution >= 0.6 is 15.9 Å². The van der Waals surface area contributed by atoms with Crippen molar-refractivity contribution in [2.24, 2.45) is 0 Å². The Morgan fingerprint density at radius 1 is 0.955 bits per heavy atom. The van der Waals surface area contributed by atoms with Crippen LogP contribution in [-0.4, -0.2) is 9.55 Å². The Balaban J connectivity index is 1.99. The van der Waals surface area contributed by atoms with Gasteiger partial charge in [0, 0.05) is 29.0 Å². The number of halogens is 2. The molecule has 0 fully saturated rings. The van der Waals surface area contributed by atoms with Gasteiger partial charge >= 0.3 is 0 Å². The van der Waals surface area contributed by atoms with E-state index in [1.54, 1.807) is 6.20 Å². The van der Waals surface area contributed by atoms with Gasteiger partial charge in [0.15, 0.2) is 0 Å². The molecule has 0 saturated carbocycles. The molecule has 0 bridgehead atoms. The normalized spacial score (nSPS) is 11.4. The van der Waals surface area contributed by atoms with E-state index >= 15 is 0 Å². The van der Waals surface area contributed by atoms with Crippen molar-refractivity contribution in [3.8, 4) is 0 Å². The van der Waals surface area contributed by atoms with Crippen molar-refractivity contribution in [1.82, 2.24) is 9.55 Å². The summed E-state index contributed by atoms with van der Waals surface area (Å²) in [5.41, 5.74) is 3.27. The number of nitrogens with zero attached hydrogens (tertiary/aromatic N) is 2. The minimum absolute atomic E-state index is 0.214. The van der Waals surface area contributed by atoms with E-state index in [0.29, 0.717) is 6.54 Å². The van der Waals surface area contributed by atoms with Crippen molar-refractivity contribution in [2.45, 2.75) is 6.54 Å². The molecule has 0 saturated heterocycles. The second kappa shape index (κ2) is 5.21. The van der Waals surface area contributed by atoms with Gasteiger partial charge in [0.25, 0.3) is 0 Å². The summed E-state index contributed by atoms with van der Waals surface area (Å²) >= 11 is 3.56. The van der Waals surface area contributed by atoms with E-state index in [2.05, 4.69) is 37.6 Å². The Hall–Kier alpha value is -2.20. The molecular formula is C18H12BrFN2. The van der Waals surface area contributed by atoms with Gasteiger partial charge in [-0.2, -0.15) is 0 Å². The third-order valence-electron chi connectivity index (χ3n) is 3.89. The van der Waals surface area contributed by atoms with Crippen LogP contribution in [0.15, 0.2) is 65.4 Å². The van der Waals surface area contributed by atoms with Crippen LogP contribution in [-0.2, 0) is 6.54 Å². The highest BCUT2D eigenvalue weighted by atomic mass is 79.9. The van der Waals surface area contributed by atoms with Crippen LogP contribution in [0.1, 0.15) is 5.56 Å². The van der Waals surface area contributed by atoms with Crippen LogP contribution in [0.4, 0.5) is 4.39 Å². The summed E-state index contributed by atoms with van der Waals surface area (Å²) in [6, 6.07) is 17.0. The molecule has 0 spiro atoms. The maximum atomic E-state index is 13.1.